The fraction of sp³-hybridized carbons (Fsp3) is 0.533. The minimum absolute atomic E-state index is 0.0315. The Morgan fingerprint density at radius 1 is 1.50 bits per heavy atom. The van der Waals surface area contributed by atoms with Gasteiger partial charge in [0.2, 0.25) is 0 Å². The van der Waals surface area contributed by atoms with E-state index in [1.165, 1.54) is 0 Å². The number of rotatable bonds is 4. The molecule has 0 aromatic heterocycles. The number of nitrogens with one attached hydrogen (secondary N) is 1. The van der Waals surface area contributed by atoms with E-state index < -0.39 is 6.10 Å². The number of hydrogen-bond acceptors (Lipinski definition) is 4. The number of aliphatic hydroxyl groups is 1. The molecule has 110 valence electrons. The highest BCUT2D eigenvalue weighted by Crippen LogP contribution is 2.21. The molecule has 1 aromatic rings. The summed E-state index contributed by atoms with van der Waals surface area (Å²) in [6, 6.07) is 7.49. The molecule has 1 aliphatic rings. The van der Waals surface area contributed by atoms with Gasteiger partial charge in [-0.25, -0.2) is 0 Å². The van der Waals surface area contributed by atoms with Crippen molar-refractivity contribution in [3.05, 3.63) is 34.9 Å². The van der Waals surface area contributed by atoms with Crippen LogP contribution in [0.15, 0.2) is 29.4 Å². The fourth-order valence-corrected chi connectivity index (χ4v) is 2.17. The number of benzene rings is 1. The molecule has 0 saturated carbocycles. The van der Waals surface area contributed by atoms with Crippen molar-refractivity contribution < 1.29 is 9.94 Å². The van der Waals surface area contributed by atoms with Crippen LogP contribution in [0.1, 0.15) is 32.8 Å². The van der Waals surface area contributed by atoms with Crippen LogP contribution < -0.4 is 5.32 Å². The van der Waals surface area contributed by atoms with Crippen LogP contribution >= 0.6 is 11.6 Å². The van der Waals surface area contributed by atoms with Gasteiger partial charge in [0.05, 0.1) is 5.71 Å². The van der Waals surface area contributed by atoms with Crippen molar-refractivity contribution in [2.24, 2.45) is 5.16 Å². The maximum atomic E-state index is 10.1. The Hall–Kier alpha value is -1.10. The molecule has 0 aliphatic carbocycles. The van der Waals surface area contributed by atoms with Crippen LogP contribution in [0.25, 0.3) is 0 Å². The molecular weight excluding hydrogens is 276 g/mol. The standard InChI is InChI=1S/C15H21ClN2O2/c1-15(2,3)17-9-13(19)14-8-12(18-20-14)10-5-4-6-11(16)7-10/h4-7,13-14,17,19H,8-9H2,1-3H3. The van der Waals surface area contributed by atoms with Crippen LogP contribution in [0.2, 0.25) is 5.02 Å². The summed E-state index contributed by atoms with van der Waals surface area (Å²) in [5, 5.41) is 18.1. The van der Waals surface area contributed by atoms with Crippen molar-refractivity contribution in [2.75, 3.05) is 6.54 Å². The van der Waals surface area contributed by atoms with Crippen molar-refractivity contribution in [1.29, 1.82) is 0 Å². The lowest BCUT2D eigenvalue weighted by Crippen LogP contribution is -2.44. The van der Waals surface area contributed by atoms with E-state index in [4.69, 9.17) is 16.4 Å². The van der Waals surface area contributed by atoms with Gasteiger partial charge >= 0.3 is 0 Å². The third kappa shape index (κ3) is 4.20. The van der Waals surface area contributed by atoms with Crippen LogP contribution in [-0.4, -0.2) is 35.1 Å². The smallest absolute Gasteiger partial charge is 0.160 e. The summed E-state index contributed by atoms with van der Waals surface area (Å²) in [4.78, 5) is 5.34. The molecule has 5 heteroatoms. The monoisotopic (exact) mass is 296 g/mol. The predicted molar refractivity (Wildman–Crippen MR) is 81.2 cm³/mol. The molecule has 20 heavy (non-hydrogen) atoms. The summed E-state index contributed by atoms with van der Waals surface area (Å²) in [6.07, 6.45) is -0.304. The average Bonchev–Trinajstić information content (AvgIpc) is 2.84. The molecule has 0 spiro atoms. The first-order valence-electron chi connectivity index (χ1n) is 6.77. The van der Waals surface area contributed by atoms with Crippen LogP contribution in [0.4, 0.5) is 0 Å². The topological polar surface area (TPSA) is 53.8 Å². The van der Waals surface area contributed by atoms with Gasteiger partial charge in [0.15, 0.2) is 6.10 Å². The first-order chi connectivity index (χ1) is 9.35. The summed E-state index contributed by atoms with van der Waals surface area (Å²) in [7, 11) is 0. The summed E-state index contributed by atoms with van der Waals surface area (Å²) in [6.45, 7) is 6.65. The highest BCUT2D eigenvalue weighted by atomic mass is 35.5. The third-order valence-corrected chi connectivity index (χ3v) is 3.36. The first kappa shape index (κ1) is 15.3. The molecule has 1 heterocycles. The zero-order chi connectivity index (χ0) is 14.8. The Labute approximate surface area is 124 Å². The summed E-state index contributed by atoms with van der Waals surface area (Å²) < 4.78 is 0. The lowest BCUT2D eigenvalue weighted by molar-refractivity contribution is -0.0181. The minimum atomic E-state index is -0.588. The Balaban J connectivity index is 1.91. The van der Waals surface area contributed by atoms with Crippen molar-refractivity contribution in [3.8, 4) is 0 Å². The lowest BCUT2D eigenvalue weighted by Gasteiger charge is -2.24. The molecule has 0 radical (unpaired) electrons. The Morgan fingerprint density at radius 2 is 2.25 bits per heavy atom. The van der Waals surface area contributed by atoms with Gasteiger partial charge in [0.25, 0.3) is 0 Å². The Bertz CT molecular complexity index is 497. The molecule has 0 saturated heterocycles. The maximum Gasteiger partial charge on any atom is 0.160 e. The van der Waals surface area contributed by atoms with Gasteiger partial charge in [-0.15, -0.1) is 0 Å². The van der Waals surface area contributed by atoms with Crippen molar-refractivity contribution >= 4 is 17.3 Å². The van der Waals surface area contributed by atoms with Crippen LogP contribution in [-0.2, 0) is 4.84 Å². The van der Waals surface area contributed by atoms with E-state index in [2.05, 4.69) is 31.2 Å². The molecular formula is C15H21ClN2O2. The zero-order valence-electron chi connectivity index (χ0n) is 12.1. The molecule has 2 rings (SSSR count). The number of β-amino-alcohol motifs (C(OH)–C–C–N with tert-alkyl or cyclic N) is 1. The Morgan fingerprint density at radius 3 is 2.90 bits per heavy atom. The van der Waals surface area contributed by atoms with Gasteiger partial charge in [-0.05, 0) is 32.9 Å². The van der Waals surface area contributed by atoms with Crippen LogP contribution in [0.3, 0.4) is 0 Å². The van der Waals surface area contributed by atoms with Crippen molar-refractivity contribution in [2.45, 2.75) is 44.9 Å². The van der Waals surface area contributed by atoms with E-state index in [1.54, 1.807) is 0 Å². The number of aliphatic hydroxyl groups excluding tert-OH is 1. The SMILES string of the molecule is CC(C)(C)NCC(O)C1CC(c2cccc(Cl)c2)=NO1. The number of hydrogen-bond donors (Lipinski definition) is 2. The number of oxime groups is 1. The minimum Gasteiger partial charge on any atom is -0.389 e. The molecule has 4 nitrogen and oxygen atoms in total. The quantitative estimate of drug-likeness (QED) is 0.898. The van der Waals surface area contributed by atoms with Crippen LogP contribution in [0, 0.1) is 0 Å². The first-order valence-corrected chi connectivity index (χ1v) is 7.15. The fourth-order valence-electron chi connectivity index (χ4n) is 1.98. The number of nitrogens with zero attached hydrogens (tertiary/aromatic N) is 1. The molecule has 1 aromatic carbocycles. The van der Waals surface area contributed by atoms with E-state index in [-0.39, 0.29) is 11.6 Å². The maximum absolute atomic E-state index is 10.1. The summed E-state index contributed by atoms with van der Waals surface area (Å²) in [5.74, 6) is 0. The highest BCUT2D eigenvalue weighted by molar-refractivity contribution is 6.31. The van der Waals surface area contributed by atoms with Gasteiger partial charge < -0.3 is 15.3 Å². The third-order valence-electron chi connectivity index (χ3n) is 3.12. The van der Waals surface area contributed by atoms with Gasteiger partial charge in [-0.1, -0.05) is 28.9 Å². The number of halogens is 1. The molecule has 2 unspecified atom stereocenters. The summed E-state index contributed by atoms with van der Waals surface area (Å²) in [5.41, 5.74) is 1.74. The zero-order valence-corrected chi connectivity index (χ0v) is 12.8. The highest BCUT2D eigenvalue weighted by Gasteiger charge is 2.29. The van der Waals surface area contributed by atoms with E-state index in [1.807, 2.05) is 24.3 Å². The van der Waals surface area contributed by atoms with E-state index >= 15 is 0 Å². The second kappa shape index (κ2) is 6.12. The largest absolute Gasteiger partial charge is 0.389 e. The average molecular weight is 297 g/mol. The Kier molecular flexibility index (Phi) is 4.68. The van der Waals surface area contributed by atoms with Gasteiger partial charge in [-0.2, -0.15) is 0 Å². The molecule has 0 amide bonds. The van der Waals surface area contributed by atoms with E-state index in [0.717, 1.165) is 11.3 Å². The second-order valence-corrected chi connectivity index (χ2v) is 6.53. The summed E-state index contributed by atoms with van der Waals surface area (Å²) >= 11 is 5.97. The normalized spacial score (nSPS) is 20.4. The van der Waals surface area contributed by atoms with Gasteiger partial charge in [0, 0.05) is 29.1 Å². The lowest BCUT2D eigenvalue weighted by atomic mass is 10.0. The molecule has 1 aliphatic heterocycles. The van der Waals surface area contributed by atoms with Crippen LogP contribution in [0.5, 0.6) is 0 Å². The predicted octanol–water partition coefficient (Wildman–Crippen LogP) is 2.58. The van der Waals surface area contributed by atoms with E-state index in [9.17, 15) is 5.11 Å². The van der Waals surface area contributed by atoms with Gasteiger partial charge in [-0.3, -0.25) is 0 Å². The van der Waals surface area contributed by atoms with E-state index in [0.29, 0.717) is 18.0 Å². The molecule has 0 bridgehead atoms. The van der Waals surface area contributed by atoms with Gasteiger partial charge in [0.1, 0.15) is 6.10 Å². The van der Waals surface area contributed by atoms with Crippen molar-refractivity contribution in [1.82, 2.24) is 5.32 Å². The second-order valence-electron chi connectivity index (χ2n) is 6.09. The molecule has 0 fully saturated rings. The van der Waals surface area contributed by atoms with Crippen molar-refractivity contribution in [3.63, 3.8) is 0 Å². The molecule has 2 atom stereocenters. The molecule has 2 N–H and O–H groups in total.